The van der Waals surface area contributed by atoms with Crippen LogP contribution in [0.2, 0.25) is 0 Å². The summed E-state index contributed by atoms with van der Waals surface area (Å²) in [6.45, 7) is 0.447. The van der Waals surface area contributed by atoms with Gasteiger partial charge in [0.2, 0.25) is 0 Å². The Bertz CT molecular complexity index is 746. The molecule has 3 rings (SSSR count). The number of hydrogen-bond acceptors (Lipinski definition) is 4. The fourth-order valence-corrected chi connectivity index (χ4v) is 2.41. The van der Waals surface area contributed by atoms with E-state index in [2.05, 4.69) is 10.2 Å². The lowest BCUT2D eigenvalue weighted by molar-refractivity contribution is 0.0971. The molecule has 6 nitrogen and oxygen atoms in total. The van der Waals surface area contributed by atoms with E-state index in [1.54, 1.807) is 29.2 Å². The van der Waals surface area contributed by atoms with Gasteiger partial charge in [-0.2, -0.15) is 5.10 Å². The highest BCUT2D eigenvalue weighted by Crippen LogP contribution is 2.27. The number of benzene rings is 1. The van der Waals surface area contributed by atoms with Gasteiger partial charge in [-0.3, -0.25) is 14.4 Å². The Morgan fingerprint density at radius 1 is 1.14 bits per heavy atom. The first-order chi connectivity index (χ1) is 10.2. The van der Waals surface area contributed by atoms with Crippen LogP contribution in [0.3, 0.4) is 0 Å². The highest BCUT2D eigenvalue weighted by Gasteiger charge is 2.26. The maximum absolute atomic E-state index is 12.6. The van der Waals surface area contributed by atoms with Crippen LogP contribution in [-0.2, 0) is 0 Å². The Kier molecular flexibility index (Phi) is 3.35. The highest BCUT2D eigenvalue weighted by atomic mass is 16.2. The number of aromatic nitrogens is 2. The van der Waals surface area contributed by atoms with Gasteiger partial charge in [0.05, 0.1) is 5.69 Å². The molecule has 1 amide bonds. The van der Waals surface area contributed by atoms with Crippen LogP contribution in [0.15, 0.2) is 41.2 Å². The third kappa shape index (κ3) is 2.47. The molecule has 0 radical (unpaired) electrons. The van der Waals surface area contributed by atoms with Crippen LogP contribution in [0.1, 0.15) is 33.7 Å². The van der Waals surface area contributed by atoms with Crippen molar-refractivity contribution in [2.45, 2.75) is 12.8 Å². The number of para-hydroxylation sites is 1. The summed E-state index contributed by atoms with van der Waals surface area (Å²) < 4.78 is 0. The normalized spacial score (nSPS) is 14.5. The molecular weight excluding hydrogens is 270 g/mol. The van der Waals surface area contributed by atoms with Crippen LogP contribution in [0.4, 0.5) is 5.69 Å². The van der Waals surface area contributed by atoms with Crippen LogP contribution in [-0.4, -0.2) is 28.4 Å². The molecule has 0 bridgehead atoms. The Morgan fingerprint density at radius 2 is 1.95 bits per heavy atom. The van der Waals surface area contributed by atoms with Crippen molar-refractivity contribution in [2.75, 3.05) is 11.4 Å². The minimum atomic E-state index is -0.363. The molecule has 1 N–H and O–H groups in total. The van der Waals surface area contributed by atoms with Gasteiger partial charge in [0.25, 0.3) is 11.5 Å². The Balaban J connectivity index is 2.03. The summed E-state index contributed by atoms with van der Waals surface area (Å²) in [6, 6.07) is 9.69. The molecular formula is C15H13N3O3. The van der Waals surface area contributed by atoms with E-state index >= 15 is 0 Å². The van der Waals surface area contributed by atoms with Crippen molar-refractivity contribution in [3.63, 3.8) is 0 Å². The first-order valence-corrected chi connectivity index (χ1v) is 6.66. The average molecular weight is 283 g/mol. The van der Waals surface area contributed by atoms with Gasteiger partial charge in [0.1, 0.15) is 5.69 Å². The van der Waals surface area contributed by atoms with Crippen LogP contribution < -0.4 is 10.5 Å². The molecule has 1 aliphatic rings. The molecule has 6 heteroatoms. The summed E-state index contributed by atoms with van der Waals surface area (Å²) >= 11 is 0. The van der Waals surface area contributed by atoms with Crippen LogP contribution in [0.5, 0.6) is 0 Å². The highest BCUT2D eigenvalue weighted by molar-refractivity contribution is 6.10. The van der Waals surface area contributed by atoms with Crippen molar-refractivity contribution in [2.24, 2.45) is 0 Å². The minimum absolute atomic E-state index is 0.0373. The van der Waals surface area contributed by atoms with E-state index in [1.165, 1.54) is 12.1 Å². The number of amides is 1. The average Bonchev–Trinajstić information content (AvgIpc) is 2.67. The Morgan fingerprint density at radius 3 is 2.71 bits per heavy atom. The molecule has 0 unspecified atom stereocenters. The summed E-state index contributed by atoms with van der Waals surface area (Å²) in [5.74, 6) is -0.288. The maximum Gasteiger partial charge on any atom is 0.278 e. The lowest BCUT2D eigenvalue weighted by atomic mass is 10.1. The van der Waals surface area contributed by atoms with Gasteiger partial charge >= 0.3 is 0 Å². The number of Topliss-reactive ketones (excluding diaryl/α,β-unsaturated/α-hetero) is 1. The number of anilines is 1. The number of ketones is 1. The molecule has 106 valence electrons. The van der Waals surface area contributed by atoms with Crippen LogP contribution in [0, 0.1) is 0 Å². The third-order valence-electron chi connectivity index (χ3n) is 3.42. The lowest BCUT2D eigenvalue weighted by Crippen LogP contribution is -2.33. The third-order valence-corrected chi connectivity index (χ3v) is 3.42. The summed E-state index contributed by atoms with van der Waals surface area (Å²) in [6.07, 6.45) is 1.02. The van der Waals surface area contributed by atoms with Crippen LogP contribution in [0.25, 0.3) is 0 Å². The van der Waals surface area contributed by atoms with Gasteiger partial charge in [0, 0.05) is 24.6 Å². The monoisotopic (exact) mass is 283 g/mol. The molecule has 0 fully saturated rings. The second-order valence-corrected chi connectivity index (χ2v) is 4.81. The van der Waals surface area contributed by atoms with Crippen LogP contribution >= 0.6 is 0 Å². The van der Waals surface area contributed by atoms with Gasteiger partial charge in [-0.15, -0.1) is 0 Å². The molecule has 1 aliphatic heterocycles. The number of H-pyrrole nitrogens is 1. The number of carbonyl (C=O) groups excluding carboxylic acids is 2. The molecule has 2 aromatic rings. The summed E-state index contributed by atoms with van der Waals surface area (Å²) in [7, 11) is 0. The van der Waals surface area contributed by atoms with E-state index in [4.69, 9.17) is 0 Å². The van der Waals surface area contributed by atoms with E-state index < -0.39 is 0 Å². The topological polar surface area (TPSA) is 83.1 Å². The zero-order chi connectivity index (χ0) is 14.8. The molecule has 2 heterocycles. The smallest absolute Gasteiger partial charge is 0.278 e. The van der Waals surface area contributed by atoms with Crippen molar-refractivity contribution < 1.29 is 9.59 Å². The van der Waals surface area contributed by atoms with Gasteiger partial charge in [0.15, 0.2) is 5.78 Å². The maximum atomic E-state index is 12.6. The second-order valence-electron chi connectivity index (χ2n) is 4.81. The molecule has 0 atom stereocenters. The van der Waals surface area contributed by atoms with Crippen molar-refractivity contribution in [3.05, 3.63) is 58.0 Å². The van der Waals surface area contributed by atoms with Crippen molar-refractivity contribution in [3.8, 4) is 0 Å². The standard InChI is InChI=1S/C15H13N3O3/c19-13-6-3-9-18(12-5-2-1-4-10(12)13)15(21)11-7-8-14(20)17-16-11/h1-2,4-5,7-8H,3,6,9H2,(H,17,20). The number of aromatic amines is 1. The number of nitrogens with zero attached hydrogens (tertiary/aromatic N) is 2. The van der Waals surface area contributed by atoms with Gasteiger partial charge < -0.3 is 4.90 Å². The van der Waals surface area contributed by atoms with E-state index in [1.807, 2.05) is 0 Å². The molecule has 0 saturated carbocycles. The zero-order valence-corrected chi connectivity index (χ0v) is 11.2. The predicted octanol–water partition coefficient (Wildman–Crippen LogP) is 1.39. The molecule has 0 aliphatic carbocycles. The number of nitrogens with one attached hydrogen (secondary N) is 1. The molecule has 1 aromatic carbocycles. The number of fused-ring (bicyclic) bond motifs is 1. The molecule has 1 aromatic heterocycles. The largest absolute Gasteiger partial charge is 0.306 e. The first-order valence-electron chi connectivity index (χ1n) is 6.66. The quantitative estimate of drug-likeness (QED) is 0.857. The second kappa shape index (κ2) is 5.32. The summed E-state index contributed by atoms with van der Waals surface area (Å²) in [5.41, 5.74) is 0.933. The summed E-state index contributed by atoms with van der Waals surface area (Å²) in [4.78, 5) is 37.2. The molecule has 0 spiro atoms. The summed E-state index contributed by atoms with van der Waals surface area (Å²) in [5, 5.41) is 6.01. The van der Waals surface area contributed by atoms with Crippen molar-refractivity contribution >= 4 is 17.4 Å². The first kappa shape index (κ1) is 13.2. The minimum Gasteiger partial charge on any atom is -0.306 e. The predicted molar refractivity (Wildman–Crippen MR) is 76.5 cm³/mol. The molecule has 21 heavy (non-hydrogen) atoms. The number of carbonyl (C=O) groups is 2. The van der Waals surface area contributed by atoms with Crippen molar-refractivity contribution in [1.82, 2.24) is 10.2 Å². The van der Waals surface area contributed by atoms with Gasteiger partial charge in [-0.05, 0) is 24.6 Å². The van der Waals surface area contributed by atoms with E-state index in [-0.39, 0.29) is 22.9 Å². The lowest BCUT2D eigenvalue weighted by Gasteiger charge is -2.21. The number of rotatable bonds is 1. The Hall–Kier alpha value is -2.76. The van der Waals surface area contributed by atoms with Crippen molar-refractivity contribution in [1.29, 1.82) is 0 Å². The van der Waals surface area contributed by atoms with E-state index in [0.29, 0.717) is 30.6 Å². The SMILES string of the molecule is O=C1CCCN(C(=O)c2ccc(=O)[nH]n2)c2ccccc21. The molecule has 0 saturated heterocycles. The zero-order valence-electron chi connectivity index (χ0n) is 11.2. The Labute approximate surface area is 120 Å². The van der Waals surface area contributed by atoms with Gasteiger partial charge in [-0.1, -0.05) is 12.1 Å². The van der Waals surface area contributed by atoms with E-state index in [9.17, 15) is 14.4 Å². The fourth-order valence-electron chi connectivity index (χ4n) is 2.41. The fraction of sp³-hybridized carbons (Fsp3) is 0.200. The number of hydrogen-bond donors (Lipinski definition) is 1. The van der Waals surface area contributed by atoms with Gasteiger partial charge in [-0.25, -0.2) is 5.10 Å². The van der Waals surface area contributed by atoms with E-state index in [0.717, 1.165) is 0 Å².